The van der Waals surface area contributed by atoms with Crippen LogP contribution in [0.1, 0.15) is 23.7 Å². The van der Waals surface area contributed by atoms with Crippen molar-refractivity contribution in [2.75, 3.05) is 0 Å². The Kier molecular flexibility index (Phi) is 3.56. The van der Waals surface area contributed by atoms with Gasteiger partial charge in [0.2, 0.25) is 0 Å². The molecule has 1 unspecified atom stereocenters. The molecule has 80 valence electrons. The van der Waals surface area contributed by atoms with E-state index in [4.69, 9.17) is 4.42 Å². The van der Waals surface area contributed by atoms with Crippen LogP contribution in [0.25, 0.3) is 0 Å². The maximum atomic E-state index is 5.39. The number of rotatable bonds is 4. The lowest BCUT2D eigenvalue weighted by Gasteiger charge is -2.08. The van der Waals surface area contributed by atoms with Crippen molar-refractivity contribution in [2.45, 2.75) is 19.5 Å². The molecule has 0 saturated heterocycles. The molecule has 0 saturated carbocycles. The van der Waals surface area contributed by atoms with E-state index in [0.29, 0.717) is 6.54 Å². The van der Waals surface area contributed by atoms with Gasteiger partial charge in [0, 0.05) is 11.6 Å². The monoisotopic (exact) mass is 286 g/mol. The molecular formula is C10H11BrN2OS. The van der Waals surface area contributed by atoms with Crippen LogP contribution >= 0.6 is 27.3 Å². The molecule has 1 N–H and O–H groups in total. The van der Waals surface area contributed by atoms with E-state index in [2.05, 4.69) is 33.2 Å². The summed E-state index contributed by atoms with van der Waals surface area (Å²) in [6.07, 6.45) is 1.82. The van der Waals surface area contributed by atoms with E-state index in [-0.39, 0.29) is 6.04 Å². The lowest BCUT2D eigenvalue weighted by molar-refractivity contribution is 0.446. The van der Waals surface area contributed by atoms with Crippen LogP contribution in [-0.2, 0) is 6.54 Å². The number of nitrogens with zero attached hydrogens (tertiary/aromatic N) is 1. The number of hydrogen-bond acceptors (Lipinski definition) is 4. The second-order valence-corrected chi connectivity index (χ2v) is 4.89. The first-order valence-corrected chi connectivity index (χ1v) is 6.30. The summed E-state index contributed by atoms with van der Waals surface area (Å²) < 4.78 is 6.15. The third kappa shape index (κ3) is 2.90. The summed E-state index contributed by atoms with van der Waals surface area (Å²) in [7, 11) is 0. The molecule has 0 aliphatic carbocycles. The fourth-order valence-electron chi connectivity index (χ4n) is 1.24. The summed E-state index contributed by atoms with van der Waals surface area (Å²) in [5, 5.41) is 6.43. The average molecular weight is 287 g/mol. The van der Waals surface area contributed by atoms with Gasteiger partial charge in [-0.1, -0.05) is 0 Å². The normalized spacial score (nSPS) is 12.9. The molecule has 2 aromatic heterocycles. The maximum Gasteiger partial charge on any atom is 0.169 e. The Morgan fingerprint density at radius 3 is 3.07 bits per heavy atom. The Bertz CT molecular complexity index is 413. The van der Waals surface area contributed by atoms with Crippen molar-refractivity contribution in [2.24, 2.45) is 0 Å². The zero-order valence-corrected chi connectivity index (χ0v) is 10.6. The van der Waals surface area contributed by atoms with Crippen LogP contribution in [0.2, 0.25) is 0 Å². The van der Waals surface area contributed by atoms with E-state index >= 15 is 0 Å². The zero-order chi connectivity index (χ0) is 10.7. The Balaban J connectivity index is 1.88. The molecule has 0 spiro atoms. The predicted molar refractivity (Wildman–Crippen MR) is 63.8 cm³/mol. The SMILES string of the molecule is CC(NCc1ccc(Br)o1)c1nccs1. The minimum atomic E-state index is 0.258. The minimum absolute atomic E-state index is 0.258. The zero-order valence-electron chi connectivity index (χ0n) is 8.24. The number of furan rings is 1. The third-order valence-corrected chi connectivity index (χ3v) is 3.42. The Morgan fingerprint density at radius 2 is 2.47 bits per heavy atom. The molecule has 0 aromatic carbocycles. The number of nitrogens with one attached hydrogen (secondary N) is 1. The first kappa shape index (κ1) is 10.9. The van der Waals surface area contributed by atoms with Gasteiger partial charge in [-0.25, -0.2) is 4.98 Å². The lowest BCUT2D eigenvalue weighted by Crippen LogP contribution is -2.17. The van der Waals surface area contributed by atoms with Crippen LogP contribution in [0.15, 0.2) is 32.8 Å². The van der Waals surface area contributed by atoms with Crippen molar-refractivity contribution in [3.63, 3.8) is 0 Å². The van der Waals surface area contributed by atoms with Gasteiger partial charge >= 0.3 is 0 Å². The average Bonchev–Trinajstić information content (AvgIpc) is 2.84. The van der Waals surface area contributed by atoms with E-state index in [1.165, 1.54) is 0 Å². The second-order valence-electron chi connectivity index (χ2n) is 3.18. The Morgan fingerprint density at radius 1 is 1.60 bits per heavy atom. The lowest BCUT2D eigenvalue weighted by atomic mass is 10.3. The van der Waals surface area contributed by atoms with Crippen molar-refractivity contribution >= 4 is 27.3 Å². The summed E-state index contributed by atoms with van der Waals surface area (Å²) in [4.78, 5) is 4.25. The Labute approximate surface area is 101 Å². The van der Waals surface area contributed by atoms with Gasteiger partial charge < -0.3 is 9.73 Å². The van der Waals surface area contributed by atoms with E-state index < -0.39 is 0 Å². The third-order valence-electron chi connectivity index (χ3n) is 2.03. The maximum absolute atomic E-state index is 5.39. The molecule has 0 fully saturated rings. The summed E-state index contributed by atoms with van der Waals surface area (Å²) in [5.74, 6) is 0.922. The van der Waals surface area contributed by atoms with Gasteiger partial charge in [0.15, 0.2) is 4.67 Å². The van der Waals surface area contributed by atoms with Crippen LogP contribution in [0, 0.1) is 0 Å². The highest BCUT2D eigenvalue weighted by Gasteiger charge is 2.08. The molecule has 3 nitrogen and oxygen atoms in total. The van der Waals surface area contributed by atoms with Crippen LogP contribution in [0.4, 0.5) is 0 Å². The molecule has 0 amide bonds. The van der Waals surface area contributed by atoms with Gasteiger partial charge in [0.25, 0.3) is 0 Å². The first-order valence-electron chi connectivity index (χ1n) is 4.62. The summed E-state index contributed by atoms with van der Waals surface area (Å²) in [6, 6.07) is 4.10. The van der Waals surface area contributed by atoms with E-state index in [1.54, 1.807) is 11.3 Å². The van der Waals surface area contributed by atoms with Crippen LogP contribution in [0.3, 0.4) is 0 Å². The fourth-order valence-corrected chi connectivity index (χ4v) is 2.25. The van der Waals surface area contributed by atoms with Gasteiger partial charge in [-0.3, -0.25) is 0 Å². The van der Waals surface area contributed by atoms with Crippen molar-refractivity contribution in [1.29, 1.82) is 0 Å². The van der Waals surface area contributed by atoms with E-state index in [9.17, 15) is 0 Å². The van der Waals surface area contributed by atoms with Crippen molar-refractivity contribution in [3.8, 4) is 0 Å². The van der Waals surface area contributed by atoms with Gasteiger partial charge in [0.05, 0.1) is 12.6 Å². The molecule has 0 bridgehead atoms. The minimum Gasteiger partial charge on any atom is -0.453 e. The van der Waals surface area contributed by atoms with Gasteiger partial charge in [-0.15, -0.1) is 11.3 Å². The van der Waals surface area contributed by atoms with E-state index in [0.717, 1.165) is 15.4 Å². The number of aromatic nitrogens is 1. The number of hydrogen-bond donors (Lipinski definition) is 1. The molecule has 0 aliphatic rings. The quantitative estimate of drug-likeness (QED) is 0.937. The largest absolute Gasteiger partial charge is 0.453 e. The van der Waals surface area contributed by atoms with E-state index in [1.807, 2.05) is 23.7 Å². The summed E-state index contributed by atoms with van der Waals surface area (Å²) >= 11 is 4.93. The molecule has 0 radical (unpaired) electrons. The molecule has 5 heteroatoms. The highest BCUT2D eigenvalue weighted by atomic mass is 79.9. The smallest absolute Gasteiger partial charge is 0.169 e. The molecule has 0 aliphatic heterocycles. The molecule has 2 rings (SSSR count). The van der Waals surface area contributed by atoms with Crippen molar-refractivity contribution < 1.29 is 4.42 Å². The molecule has 1 atom stereocenters. The van der Waals surface area contributed by atoms with Gasteiger partial charge in [-0.2, -0.15) is 0 Å². The van der Waals surface area contributed by atoms with Gasteiger partial charge in [-0.05, 0) is 35.0 Å². The van der Waals surface area contributed by atoms with Crippen LogP contribution < -0.4 is 5.32 Å². The highest BCUT2D eigenvalue weighted by molar-refractivity contribution is 9.10. The molecule has 15 heavy (non-hydrogen) atoms. The molecule has 2 heterocycles. The summed E-state index contributed by atoms with van der Waals surface area (Å²) in [5.41, 5.74) is 0. The van der Waals surface area contributed by atoms with Crippen LogP contribution in [0.5, 0.6) is 0 Å². The number of thiazole rings is 1. The van der Waals surface area contributed by atoms with Crippen LogP contribution in [-0.4, -0.2) is 4.98 Å². The summed E-state index contributed by atoms with van der Waals surface area (Å²) in [6.45, 7) is 2.81. The second kappa shape index (κ2) is 4.92. The topological polar surface area (TPSA) is 38.1 Å². The predicted octanol–water partition coefficient (Wildman–Crippen LogP) is 3.35. The molecular weight excluding hydrogens is 276 g/mol. The fraction of sp³-hybridized carbons (Fsp3) is 0.300. The first-order chi connectivity index (χ1) is 7.25. The number of halogens is 1. The van der Waals surface area contributed by atoms with Gasteiger partial charge in [0.1, 0.15) is 10.8 Å². The Hall–Kier alpha value is -0.650. The standard InChI is InChI=1S/C10H11BrN2OS/c1-7(10-12-4-5-15-10)13-6-8-2-3-9(11)14-8/h2-5,7,13H,6H2,1H3. The van der Waals surface area contributed by atoms with Crippen molar-refractivity contribution in [1.82, 2.24) is 10.3 Å². The van der Waals surface area contributed by atoms with Crippen molar-refractivity contribution in [3.05, 3.63) is 39.1 Å². The molecule has 2 aromatic rings. The highest BCUT2D eigenvalue weighted by Crippen LogP contribution is 2.17.